The molecule has 0 bridgehead atoms. The second-order valence-corrected chi connectivity index (χ2v) is 6.29. The second-order valence-electron chi connectivity index (χ2n) is 6.29. The van der Waals surface area contributed by atoms with E-state index >= 15 is 0 Å². The molecule has 0 saturated carbocycles. The average molecular weight is 243 g/mol. The fourth-order valence-corrected chi connectivity index (χ4v) is 3.06. The van der Waals surface area contributed by atoms with Crippen LogP contribution in [-0.2, 0) is 9.47 Å². The number of methoxy groups -OCH3 is 1. The third-order valence-electron chi connectivity index (χ3n) is 3.63. The number of nitrogens with one attached hydrogen (secondary N) is 1. The Morgan fingerprint density at radius 1 is 1.35 bits per heavy atom. The molecular weight excluding hydrogens is 214 g/mol. The zero-order chi connectivity index (χ0) is 13.1. The van der Waals surface area contributed by atoms with Crippen LogP contribution >= 0.6 is 0 Å². The number of ether oxygens (including phenoxy) is 2. The Balaban J connectivity index is 2.72. The topological polar surface area (TPSA) is 30.5 Å². The van der Waals surface area contributed by atoms with Gasteiger partial charge in [0.05, 0.1) is 17.8 Å². The van der Waals surface area contributed by atoms with Gasteiger partial charge in [0, 0.05) is 19.1 Å². The number of hydrogen-bond acceptors (Lipinski definition) is 3. The molecular formula is C14H29NO2. The van der Waals surface area contributed by atoms with Gasteiger partial charge >= 0.3 is 0 Å². The van der Waals surface area contributed by atoms with Crippen molar-refractivity contribution in [1.82, 2.24) is 5.32 Å². The molecule has 0 aromatic rings. The fourth-order valence-electron chi connectivity index (χ4n) is 3.06. The lowest BCUT2D eigenvalue weighted by molar-refractivity contribution is -0.0797. The van der Waals surface area contributed by atoms with Crippen LogP contribution in [0, 0.1) is 5.92 Å². The van der Waals surface area contributed by atoms with Crippen molar-refractivity contribution in [2.75, 3.05) is 20.3 Å². The first-order valence-electron chi connectivity index (χ1n) is 6.75. The van der Waals surface area contributed by atoms with Gasteiger partial charge in [-0.3, -0.25) is 0 Å². The summed E-state index contributed by atoms with van der Waals surface area (Å²) in [4.78, 5) is 0. The predicted molar refractivity (Wildman–Crippen MR) is 71.3 cm³/mol. The Morgan fingerprint density at radius 3 is 2.41 bits per heavy atom. The highest BCUT2D eigenvalue weighted by molar-refractivity contribution is 4.99. The van der Waals surface area contributed by atoms with E-state index in [-0.39, 0.29) is 11.2 Å². The van der Waals surface area contributed by atoms with Crippen molar-refractivity contribution >= 4 is 0 Å². The molecule has 1 N–H and O–H groups in total. The lowest BCUT2D eigenvalue weighted by atomic mass is 9.82. The average Bonchev–Trinajstić information content (AvgIpc) is 2.41. The van der Waals surface area contributed by atoms with E-state index in [1.54, 1.807) is 7.11 Å². The maximum atomic E-state index is 6.16. The van der Waals surface area contributed by atoms with E-state index in [0.717, 1.165) is 26.0 Å². The summed E-state index contributed by atoms with van der Waals surface area (Å²) in [6, 6.07) is 0.386. The summed E-state index contributed by atoms with van der Waals surface area (Å²) in [5, 5.41) is 3.60. The van der Waals surface area contributed by atoms with Crippen LogP contribution in [0.3, 0.4) is 0 Å². The maximum Gasteiger partial charge on any atom is 0.0678 e. The van der Waals surface area contributed by atoms with Gasteiger partial charge in [-0.25, -0.2) is 0 Å². The van der Waals surface area contributed by atoms with Crippen molar-refractivity contribution in [2.45, 2.75) is 64.7 Å². The molecule has 1 aliphatic heterocycles. The van der Waals surface area contributed by atoms with Crippen LogP contribution in [0.4, 0.5) is 0 Å². The Morgan fingerprint density at radius 2 is 2.00 bits per heavy atom. The highest BCUT2D eigenvalue weighted by Gasteiger charge is 2.48. The molecule has 0 radical (unpaired) electrons. The molecule has 0 aromatic carbocycles. The summed E-state index contributed by atoms with van der Waals surface area (Å²) in [6.45, 7) is 12.7. The molecule has 0 aromatic heterocycles. The van der Waals surface area contributed by atoms with Gasteiger partial charge in [0.2, 0.25) is 0 Å². The van der Waals surface area contributed by atoms with E-state index in [4.69, 9.17) is 9.47 Å². The first kappa shape index (κ1) is 14.9. The van der Waals surface area contributed by atoms with Crippen LogP contribution < -0.4 is 5.32 Å². The molecule has 1 rings (SSSR count). The molecule has 0 amide bonds. The quantitative estimate of drug-likeness (QED) is 0.778. The standard InChI is InChI=1S/C14H29NO2/c1-7-8-15-12(10-16-6)11-9-13(2,3)17-14(11,4)5/h11-12,15H,7-10H2,1-6H3. The molecule has 2 atom stereocenters. The third-order valence-corrected chi connectivity index (χ3v) is 3.63. The molecule has 3 heteroatoms. The van der Waals surface area contributed by atoms with E-state index in [1.807, 2.05) is 0 Å². The van der Waals surface area contributed by atoms with Crippen LogP contribution in [0.15, 0.2) is 0 Å². The van der Waals surface area contributed by atoms with Gasteiger partial charge in [-0.15, -0.1) is 0 Å². The monoisotopic (exact) mass is 243 g/mol. The van der Waals surface area contributed by atoms with Crippen molar-refractivity contribution in [3.05, 3.63) is 0 Å². The Labute approximate surface area is 106 Å². The zero-order valence-electron chi connectivity index (χ0n) is 12.3. The molecule has 1 heterocycles. The highest BCUT2D eigenvalue weighted by Crippen LogP contribution is 2.43. The van der Waals surface area contributed by atoms with Gasteiger partial charge in [-0.1, -0.05) is 6.92 Å². The molecule has 2 unspecified atom stereocenters. The Bertz CT molecular complexity index is 238. The SMILES string of the molecule is CCCNC(COC)C1CC(C)(C)OC1(C)C. The minimum atomic E-state index is -0.0760. The zero-order valence-corrected chi connectivity index (χ0v) is 12.3. The fraction of sp³-hybridized carbons (Fsp3) is 1.00. The third kappa shape index (κ3) is 3.94. The van der Waals surface area contributed by atoms with Gasteiger partial charge < -0.3 is 14.8 Å². The summed E-state index contributed by atoms with van der Waals surface area (Å²) in [6.07, 6.45) is 2.24. The Hall–Kier alpha value is -0.120. The molecule has 102 valence electrons. The van der Waals surface area contributed by atoms with E-state index in [9.17, 15) is 0 Å². The molecule has 0 aliphatic carbocycles. The minimum absolute atomic E-state index is 0.0198. The van der Waals surface area contributed by atoms with Crippen LogP contribution in [-0.4, -0.2) is 37.5 Å². The summed E-state index contributed by atoms with van der Waals surface area (Å²) in [7, 11) is 1.77. The van der Waals surface area contributed by atoms with Crippen LogP contribution in [0.1, 0.15) is 47.5 Å². The van der Waals surface area contributed by atoms with Gasteiger partial charge in [0.1, 0.15) is 0 Å². The second kappa shape index (κ2) is 5.68. The van der Waals surface area contributed by atoms with E-state index in [2.05, 4.69) is 39.9 Å². The number of rotatable bonds is 6. The van der Waals surface area contributed by atoms with Crippen LogP contribution in [0.5, 0.6) is 0 Å². The summed E-state index contributed by atoms with van der Waals surface area (Å²) in [5.41, 5.74) is -0.0957. The predicted octanol–water partition coefficient (Wildman–Crippen LogP) is 2.59. The normalized spacial score (nSPS) is 28.2. The largest absolute Gasteiger partial charge is 0.383 e. The van der Waals surface area contributed by atoms with Gasteiger partial charge in [0.15, 0.2) is 0 Å². The molecule has 0 spiro atoms. The lowest BCUT2D eigenvalue weighted by Crippen LogP contribution is -2.47. The molecule has 1 saturated heterocycles. The summed E-state index contributed by atoms with van der Waals surface area (Å²) >= 11 is 0. The van der Waals surface area contributed by atoms with Crippen LogP contribution in [0.2, 0.25) is 0 Å². The molecule has 1 fully saturated rings. The van der Waals surface area contributed by atoms with Crippen LogP contribution in [0.25, 0.3) is 0 Å². The number of hydrogen-bond donors (Lipinski definition) is 1. The van der Waals surface area contributed by atoms with E-state index < -0.39 is 0 Å². The van der Waals surface area contributed by atoms with Gasteiger partial charge in [0.25, 0.3) is 0 Å². The van der Waals surface area contributed by atoms with Crippen molar-refractivity contribution in [2.24, 2.45) is 5.92 Å². The van der Waals surface area contributed by atoms with Gasteiger partial charge in [-0.05, 0) is 47.1 Å². The summed E-state index contributed by atoms with van der Waals surface area (Å²) < 4.78 is 11.5. The first-order chi connectivity index (χ1) is 7.82. The molecule has 3 nitrogen and oxygen atoms in total. The van der Waals surface area contributed by atoms with E-state index in [0.29, 0.717) is 12.0 Å². The summed E-state index contributed by atoms with van der Waals surface area (Å²) in [5.74, 6) is 0.504. The van der Waals surface area contributed by atoms with Crippen molar-refractivity contribution < 1.29 is 9.47 Å². The molecule has 1 aliphatic rings. The molecule has 17 heavy (non-hydrogen) atoms. The highest BCUT2D eigenvalue weighted by atomic mass is 16.5. The smallest absolute Gasteiger partial charge is 0.0678 e. The Kier molecular flexibility index (Phi) is 4.99. The van der Waals surface area contributed by atoms with Crippen molar-refractivity contribution in [3.63, 3.8) is 0 Å². The van der Waals surface area contributed by atoms with Crippen molar-refractivity contribution in [1.29, 1.82) is 0 Å². The maximum absolute atomic E-state index is 6.16. The minimum Gasteiger partial charge on any atom is -0.383 e. The van der Waals surface area contributed by atoms with Gasteiger partial charge in [-0.2, -0.15) is 0 Å². The first-order valence-corrected chi connectivity index (χ1v) is 6.75. The van der Waals surface area contributed by atoms with Crippen molar-refractivity contribution in [3.8, 4) is 0 Å². The van der Waals surface area contributed by atoms with E-state index in [1.165, 1.54) is 0 Å². The lowest BCUT2D eigenvalue weighted by Gasteiger charge is -2.33.